The minimum absolute atomic E-state index is 0.108. The largest absolute Gasteiger partial charge is 0.324 e. The number of nitrogens with one attached hydrogen (secondary N) is 1. The number of aryl methyl sites for hydroxylation is 1. The Morgan fingerprint density at radius 3 is 2.46 bits per heavy atom. The van der Waals surface area contributed by atoms with Gasteiger partial charge in [-0.2, -0.15) is 0 Å². The van der Waals surface area contributed by atoms with Gasteiger partial charge in [-0.1, -0.05) is 61.2 Å². The first kappa shape index (κ1) is 17.5. The van der Waals surface area contributed by atoms with Crippen LogP contribution >= 0.6 is 11.6 Å². The maximum Gasteiger partial charge on any atom is 0.261 e. The molecule has 1 fully saturated rings. The van der Waals surface area contributed by atoms with Crippen LogP contribution in [0.5, 0.6) is 0 Å². The zero-order chi connectivity index (χ0) is 17.2. The van der Waals surface area contributed by atoms with E-state index in [1.165, 1.54) is 17.3 Å². The topological polar surface area (TPSA) is 64.0 Å². The van der Waals surface area contributed by atoms with Gasteiger partial charge in [-0.25, -0.2) is 18.1 Å². The molecule has 1 aliphatic carbocycles. The molecule has 0 radical (unpaired) electrons. The van der Waals surface area contributed by atoms with E-state index >= 15 is 0 Å². The average Bonchev–Trinajstić information content (AvgIpc) is 2.94. The van der Waals surface area contributed by atoms with Crippen LogP contribution < -0.4 is 4.72 Å². The average molecular weight is 368 g/mol. The Morgan fingerprint density at radius 1 is 1.21 bits per heavy atom. The molecule has 24 heavy (non-hydrogen) atoms. The fraction of sp³-hybridized carbons (Fsp3) is 0.471. The second-order valence-electron chi connectivity index (χ2n) is 6.36. The fourth-order valence-electron chi connectivity index (χ4n) is 3.36. The summed E-state index contributed by atoms with van der Waals surface area (Å²) < 4.78 is 30.0. The summed E-state index contributed by atoms with van der Waals surface area (Å²) in [6.45, 7) is 0. The fourth-order valence-corrected chi connectivity index (χ4v) is 5.08. The van der Waals surface area contributed by atoms with Crippen LogP contribution in [-0.2, 0) is 17.1 Å². The van der Waals surface area contributed by atoms with E-state index in [2.05, 4.69) is 9.71 Å². The Hall–Kier alpha value is -1.37. The first-order chi connectivity index (χ1) is 11.5. The quantitative estimate of drug-likeness (QED) is 0.876. The van der Waals surface area contributed by atoms with Gasteiger partial charge in [0.2, 0.25) is 5.03 Å². The van der Waals surface area contributed by atoms with E-state index in [1.54, 1.807) is 7.05 Å². The van der Waals surface area contributed by atoms with Crippen LogP contribution in [0.15, 0.2) is 41.7 Å². The Balaban J connectivity index is 1.92. The van der Waals surface area contributed by atoms with Crippen molar-refractivity contribution < 1.29 is 8.42 Å². The SMILES string of the molecule is Cn1cnc(S(=O)(=O)N[C@@H](c2ccccc2)C2CCCCC2)c1Cl. The Bertz CT molecular complexity index is 783. The molecule has 0 saturated heterocycles. The molecular weight excluding hydrogens is 346 g/mol. The number of hydrogen-bond acceptors (Lipinski definition) is 3. The number of halogens is 1. The molecule has 0 unspecified atom stereocenters. The van der Waals surface area contributed by atoms with E-state index in [4.69, 9.17) is 11.6 Å². The lowest BCUT2D eigenvalue weighted by atomic mass is 9.81. The molecule has 0 bridgehead atoms. The standard InChI is InChI=1S/C17H22ClN3O2S/c1-21-12-19-17(16(21)18)24(22,23)20-15(13-8-4-2-5-9-13)14-10-6-3-7-11-14/h2,4-5,8-9,12,14-15,20H,3,6-7,10-11H2,1H3/t15-/m0/s1. The summed E-state index contributed by atoms with van der Waals surface area (Å²) in [5.41, 5.74) is 0.986. The molecule has 1 aromatic carbocycles. The molecule has 0 aliphatic heterocycles. The van der Waals surface area contributed by atoms with Gasteiger partial charge in [-0.05, 0) is 24.3 Å². The van der Waals surface area contributed by atoms with Crippen molar-refractivity contribution in [3.63, 3.8) is 0 Å². The number of nitrogens with zero attached hydrogens (tertiary/aromatic N) is 2. The normalized spacial score (nSPS) is 17.8. The number of imidazole rings is 1. The molecule has 0 spiro atoms. The highest BCUT2D eigenvalue weighted by Crippen LogP contribution is 2.35. The summed E-state index contributed by atoms with van der Waals surface area (Å²) in [6.07, 6.45) is 6.96. The van der Waals surface area contributed by atoms with Crippen molar-refractivity contribution in [3.05, 3.63) is 47.4 Å². The van der Waals surface area contributed by atoms with Crippen molar-refractivity contribution in [2.24, 2.45) is 13.0 Å². The van der Waals surface area contributed by atoms with Crippen LogP contribution in [-0.4, -0.2) is 18.0 Å². The van der Waals surface area contributed by atoms with Crippen LogP contribution in [0.4, 0.5) is 0 Å². The van der Waals surface area contributed by atoms with E-state index in [9.17, 15) is 8.42 Å². The zero-order valence-electron chi connectivity index (χ0n) is 13.7. The molecule has 1 heterocycles. The number of hydrogen-bond donors (Lipinski definition) is 1. The monoisotopic (exact) mass is 367 g/mol. The van der Waals surface area contributed by atoms with Gasteiger partial charge in [0.1, 0.15) is 5.15 Å². The van der Waals surface area contributed by atoms with E-state index in [0.717, 1.165) is 31.2 Å². The Labute approximate surface area is 148 Å². The first-order valence-corrected chi connectivity index (χ1v) is 10.1. The lowest BCUT2D eigenvalue weighted by Crippen LogP contribution is -2.34. The van der Waals surface area contributed by atoms with Gasteiger partial charge in [-0.15, -0.1) is 0 Å². The van der Waals surface area contributed by atoms with E-state index in [-0.39, 0.29) is 16.2 Å². The molecule has 2 aromatic rings. The third-order valence-corrected chi connectivity index (χ3v) is 6.58. The van der Waals surface area contributed by atoms with Crippen molar-refractivity contribution in [1.82, 2.24) is 14.3 Å². The molecule has 3 rings (SSSR count). The molecule has 1 aliphatic rings. The summed E-state index contributed by atoms with van der Waals surface area (Å²) in [7, 11) is -2.11. The Kier molecular flexibility index (Phi) is 5.27. The van der Waals surface area contributed by atoms with Crippen LogP contribution in [0.3, 0.4) is 0 Å². The van der Waals surface area contributed by atoms with Crippen molar-refractivity contribution in [2.75, 3.05) is 0 Å². The molecule has 1 aromatic heterocycles. The zero-order valence-corrected chi connectivity index (χ0v) is 15.2. The molecule has 1 atom stereocenters. The Morgan fingerprint density at radius 2 is 1.88 bits per heavy atom. The second-order valence-corrected chi connectivity index (χ2v) is 8.35. The number of aromatic nitrogens is 2. The van der Waals surface area contributed by atoms with E-state index in [0.29, 0.717) is 5.92 Å². The number of benzene rings is 1. The lowest BCUT2D eigenvalue weighted by Gasteiger charge is -2.31. The molecular formula is C17H22ClN3O2S. The minimum atomic E-state index is -3.78. The first-order valence-electron chi connectivity index (χ1n) is 8.23. The smallest absolute Gasteiger partial charge is 0.261 e. The van der Waals surface area contributed by atoms with Gasteiger partial charge in [0.25, 0.3) is 10.0 Å². The van der Waals surface area contributed by atoms with E-state index < -0.39 is 10.0 Å². The van der Waals surface area contributed by atoms with Crippen molar-refractivity contribution in [2.45, 2.75) is 43.2 Å². The van der Waals surface area contributed by atoms with Crippen molar-refractivity contribution >= 4 is 21.6 Å². The van der Waals surface area contributed by atoms with Crippen molar-refractivity contribution in [3.8, 4) is 0 Å². The summed E-state index contributed by atoms with van der Waals surface area (Å²) in [6, 6.07) is 9.50. The summed E-state index contributed by atoms with van der Waals surface area (Å²) in [4.78, 5) is 3.96. The molecule has 1 N–H and O–H groups in total. The number of rotatable bonds is 5. The third kappa shape index (κ3) is 3.66. The summed E-state index contributed by atoms with van der Waals surface area (Å²) in [5, 5.41) is 0.0152. The summed E-state index contributed by atoms with van der Waals surface area (Å²) >= 11 is 6.09. The van der Waals surface area contributed by atoms with Crippen LogP contribution in [0.1, 0.15) is 43.7 Å². The predicted molar refractivity (Wildman–Crippen MR) is 94.3 cm³/mol. The van der Waals surface area contributed by atoms with Gasteiger partial charge >= 0.3 is 0 Å². The molecule has 1 saturated carbocycles. The van der Waals surface area contributed by atoms with Gasteiger partial charge in [0.15, 0.2) is 0 Å². The third-order valence-electron chi connectivity index (χ3n) is 4.65. The highest BCUT2D eigenvalue weighted by Gasteiger charge is 2.31. The van der Waals surface area contributed by atoms with Crippen LogP contribution in [0, 0.1) is 5.92 Å². The van der Waals surface area contributed by atoms with Gasteiger partial charge in [0, 0.05) is 13.1 Å². The van der Waals surface area contributed by atoms with Gasteiger partial charge < -0.3 is 4.57 Å². The van der Waals surface area contributed by atoms with Crippen molar-refractivity contribution in [1.29, 1.82) is 0 Å². The molecule has 0 amide bonds. The van der Waals surface area contributed by atoms with E-state index in [1.807, 2.05) is 30.3 Å². The molecule has 5 nitrogen and oxygen atoms in total. The second kappa shape index (κ2) is 7.25. The number of sulfonamides is 1. The predicted octanol–water partition coefficient (Wildman–Crippen LogP) is 3.67. The minimum Gasteiger partial charge on any atom is -0.324 e. The maximum absolute atomic E-state index is 12.8. The summed E-state index contributed by atoms with van der Waals surface area (Å²) in [5.74, 6) is 0.290. The van der Waals surface area contributed by atoms with Crippen LogP contribution in [0.25, 0.3) is 0 Å². The highest BCUT2D eigenvalue weighted by molar-refractivity contribution is 7.89. The lowest BCUT2D eigenvalue weighted by molar-refractivity contribution is 0.293. The van der Waals surface area contributed by atoms with Gasteiger partial charge in [-0.3, -0.25) is 0 Å². The highest BCUT2D eigenvalue weighted by atomic mass is 35.5. The van der Waals surface area contributed by atoms with Crippen LogP contribution in [0.2, 0.25) is 5.15 Å². The molecule has 7 heteroatoms. The maximum atomic E-state index is 12.8. The molecule has 130 valence electrons. The van der Waals surface area contributed by atoms with Gasteiger partial charge in [0.05, 0.1) is 6.33 Å².